The van der Waals surface area contributed by atoms with E-state index in [0.29, 0.717) is 0 Å². The van der Waals surface area contributed by atoms with Gasteiger partial charge in [0.25, 0.3) is 11.8 Å². The second-order valence-electron chi connectivity index (χ2n) is 9.60. The van der Waals surface area contributed by atoms with Crippen molar-refractivity contribution in [1.29, 1.82) is 0 Å². The Kier molecular flexibility index (Phi) is 12.5. The fourth-order valence-corrected chi connectivity index (χ4v) is 4.91. The third kappa shape index (κ3) is 11.2. The molecule has 0 aliphatic rings. The van der Waals surface area contributed by atoms with Gasteiger partial charge in [-0.25, -0.2) is 0 Å². The van der Waals surface area contributed by atoms with Crippen molar-refractivity contribution in [2.24, 2.45) is 0 Å². The predicted octanol–water partition coefficient (Wildman–Crippen LogP) is 9.04. The van der Waals surface area contributed by atoms with Crippen molar-refractivity contribution < 1.29 is 58.4 Å². The second kappa shape index (κ2) is 15.6. The number of hydrogen-bond donors (Lipinski definition) is 3. The number of alkyl halides is 6. The molecule has 0 aliphatic carbocycles. The van der Waals surface area contributed by atoms with Crippen LogP contribution in [0, 0.1) is 0 Å². The minimum atomic E-state index is -4.59. The first kappa shape index (κ1) is 39.3. The minimum absolute atomic E-state index is 0.0554. The normalized spacial score (nSPS) is 11.6. The van der Waals surface area contributed by atoms with Gasteiger partial charge in [0.05, 0.1) is 47.0 Å². The number of rotatable bonds is 7. The zero-order valence-electron chi connectivity index (χ0n) is 24.6. The maximum absolute atomic E-state index is 12.8. The Bertz CT molecular complexity index is 1990. The van der Waals surface area contributed by atoms with Gasteiger partial charge in [-0.3, -0.25) is 9.59 Å². The number of hydrogen-bond acceptors (Lipinski definition) is 7. The van der Waals surface area contributed by atoms with E-state index in [-0.39, 0.29) is 54.3 Å². The van der Waals surface area contributed by atoms with Crippen LogP contribution in [0.1, 0.15) is 31.8 Å². The smallest absolute Gasteiger partial charge is 0.416 e. The first-order chi connectivity index (χ1) is 22.6. The molecule has 0 saturated carbocycles. The lowest BCUT2D eigenvalue weighted by atomic mass is 10.1. The average molecular weight is 818 g/mol. The highest BCUT2D eigenvalue weighted by Crippen LogP contribution is 2.36. The molecule has 0 heterocycles. The van der Waals surface area contributed by atoms with Crippen LogP contribution in [0.25, 0.3) is 0 Å². The number of carbonyl (C=O) groups excluding carboxylic acids is 2. The quantitative estimate of drug-likeness (QED) is 0.125. The molecule has 4 aromatic carbocycles. The number of phenols is 1. The number of halogens is 9. The summed E-state index contributed by atoms with van der Waals surface area (Å²) in [6.45, 7) is 0. The SMILES string of the molecule is COc1ccc(C(F)(F)F)cc1NC(=O)c1ccc(Cl)cc1O.CS(=O)(=O)Oc1cc(Cl)ccc1C(=O)Nc1cc(C(F)(F)F)ccc1Br. The standard InChI is InChI=1S/C15H10BrClF3NO4S.C15H11ClF3NO3/c1-26(23,24)25-13-7-9(17)3-4-10(13)14(22)21-12-6-8(15(18,19)20)2-5-11(12)16;1-23-13-5-2-8(15(17,18)19)6-11(13)20-14(22)10-4-3-9(16)7-12(10)21/h2-7H,1H3,(H,21,22);2-7,21H,1H3,(H,20,22). The van der Waals surface area contributed by atoms with E-state index in [9.17, 15) is 49.5 Å². The number of amides is 2. The van der Waals surface area contributed by atoms with Crippen molar-refractivity contribution in [2.75, 3.05) is 24.0 Å². The van der Waals surface area contributed by atoms with Crippen LogP contribution < -0.4 is 19.6 Å². The summed E-state index contributed by atoms with van der Waals surface area (Å²) < 4.78 is 109. The molecule has 0 aromatic heterocycles. The van der Waals surface area contributed by atoms with Gasteiger partial charge in [0.2, 0.25) is 0 Å². The Morgan fingerprint density at radius 3 is 1.76 bits per heavy atom. The fraction of sp³-hybridized carbons (Fsp3) is 0.133. The topological polar surface area (TPSA) is 131 Å². The van der Waals surface area contributed by atoms with Gasteiger partial charge >= 0.3 is 22.5 Å². The molecule has 4 rings (SSSR count). The summed E-state index contributed by atoms with van der Waals surface area (Å²) in [4.78, 5) is 24.5. The van der Waals surface area contributed by atoms with Crippen LogP contribution >= 0.6 is 39.1 Å². The monoisotopic (exact) mass is 816 g/mol. The van der Waals surface area contributed by atoms with Crippen LogP contribution in [-0.4, -0.2) is 38.7 Å². The zero-order valence-corrected chi connectivity index (χ0v) is 28.5. The molecule has 0 fully saturated rings. The van der Waals surface area contributed by atoms with Gasteiger partial charge in [0.1, 0.15) is 11.5 Å². The molecule has 0 atom stereocenters. The van der Waals surface area contributed by atoms with Gasteiger partial charge < -0.3 is 24.7 Å². The summed E-state index contributed by atoms with van der Waals surface area (Å²) in [7, 11) is -2.69. The molecule has 49 heavy (non-hydrogen) atoms. The van der Waals surface area contributed by atoms with Crippen LogP contribution in [-0.2, 0) is 22.5 Å². The third-order valence-electron chi connectivity index (χ3n) is 5.95. The lowest BCUT2D eigenvalue weighted by molar-refractivity contribution is -0.138. The molecule has 9 nitrogen and oxygen atoms in total. The zero-order chi connectivity index (χ0) is 36.9. The molecule has 0 radical (unpaired) electrons. The summed E-state index contributed by atoms with van der Waals surface area (Å²) in [6, 6.07) is 12.8. The first-order valence-corrected chi connectivity index (χ1v) is 16.4. The largest absolute Gasteiger partial charge is 0.507 e. The highest BCUT2D eigenvalue weighted by molar-refractivity contribution is 9.10. The van der Waals surface area contributed by atoms with E-state index in [0.717, 1.165) is 54.8 Å². The molecule has 0 spiro atoms. The number of methoxy groups -OCH3 is 1. The molecule has 4 aromatic rings. The Morgan fingerprint density at radius 2 is 1.22 bits per heavy atom. The second-order valence-corrected chi connectivity index (χ2v) is 12.9. The number of carbonyl (C=O) groups is 2. The minimum Gasteiger partial charge on any atom is -0.507 e. The molecule has 262 valence electrons. The van der Waals surface area contributed by atoms with Gasteiger partial charge in [-0.2, -0.15) is 34.8 Å². The fourth-order valence-electron chi connectivity index (χ4n) is 3.77. The Hall–Kier alpha value is -4.19. The van der Waals surface area contributed by atoms with E-state index in [2.05, 4.69) is 26.6 Å². The van der Waals surface area contributed by atoms with Crippen LogP contribution in [0.5, 0.6) is 17.2 Å². The van der Waals surface area contributed by atoms with Crippen molar-refractivity contribution in [2.45, 2.75) is 12.4 Å². The molecular formula is C30H21BrCl2F6N2O7S. The molecule has 0 unspecified atom stereocenters. The van der Waals surface area contributed by atoms with E-state index in [1.54, 1.807) is 0 Å². The average Bonchev–Trinajstić information content (AvgIpc) is 2.96. The lowest BCUT2D eigenvalue weighted by Gasteiger charge is -2.14. The Labute approximate surface area is 293 Å². The van der Waals surface area contributed by atoms with E-state index >= 15 is 0 Å². The highest BCUT2D eigenvalue weighted by atomic mass is 79.9. The Morgan fingerprint density at radius 1 is 0.735 bits per heavy atom. The van der Waals surface area contributed by atoms with E-state index in [1.807, 2.05) is 0 Å². The van der Waals surface area contributed by atoms with Crippen LogP contribution in [0.2, 0.25) is 10.0 Å². The summed E-state index contributed by atoms with van der Waals surface area (Å²) in [5.74, 6) is -2.35. The van der Waals surface area contributed by atoms with Crippen LogP contribution in [0.3, 0.4) is 0 Å². The number of anilines is 2. The van der Waals surface area contributed by atoms with Gasteiger partial charge in [0.15, 0.2) is 5.75 Å². The van der Waals surface area contributed by atoms with Gasteiger partial charge in [0, 0.05) is 20.6 Å². The van der Waals surface area contributed by atoms with Gasteiger partial charge in [-0.15, -0.1) is 0 Å². The number of benzene rings is 4. The first-order valence-electron chi connectivity index (χ1n) is 13.0. The number of ether oxygens (including phenoxy) is 1. The number of aromatic hydroxyl groups is 1. The predicted molar refractivity (Wildman–Crippen MR) is 173 cm³/mol. The summed E-state index contributed by atoms with van der Waals surface area (Å²) in [6.07, 6.45) is -8.38. The molecule has 19 heteroatoms. The van der Waals surface area contributed by atoms with E-state index in [1.165, 1.54) is 31.4 Å². The van der Waals surface area contributed by atoms with E-state index in [4.69, 9.17) is 32.1 Å². The molecular weight excluding hydrogens is 797 g/mol. The van der Waals surface area contributed by atoms with Gasteiger partial charge in [-0.05, 0) is 82.7 Å². The van der Waals surface area contributed by atoms with E-state index < -0.39 is 45.4 Å². The third-order valence-corrected chi connectivity index (χ3v) is 7.59. The highest BCUT2D eigenvalue weighted by Gasteiger charge is 2.32. The molecule has 2 amide bonds. The van der Waals surface area contributed by atoms with Gasteiger partial charge in [-0.1, -0.05) is 23.2 Å². The number of phenolic OH excluding ortho intramolecular Hbond substituents is 1. The van der Waals surface area contributed by atoms with Crippen molar-refractivity contribution in [3.63, 3.8) is 0 Å². The van der Waals surface area contributed by atoms with Crippen LogP contribution in [0.15, 0.2) is 77.3 Å². The lowest BCUT2D eigenvalue weighted by Crippen LogP contribution is -2.16. The molecule has 0 bridgehead atoms. The maximum Gasteiger partial charge on any atom is 0.416 e. The molecule has 0 aliphatic heterocycles. The molecule has 3 N–H and O–H groups in total. The van der Waals surface area contributed by atoms with Crippen molar-refractivity contribution in [1.82, 2.24) is 0 Å². The number of nitrogens with one attached hydrogen (secondary N) is 2. The summed E-state index contributed by atoms with van der Waals surface area (Å²) >= 11 is 14.5. The van der Waals surface area contributed by atoms with Crippen molar-refractivity contribution in [3.8, 4) is 17.2 Å². The van der Waals surface area contributed by atoms with Crippen LogP contribution in [0.4, 0.5) is 37.7 Å². The summed E-state index contributed by atoms with van der Waals surface area (Å²) in [5.41, 5.74) is -2.56. The maximum atomic E-state index is 12.8. The van der Waals surface area contributed by atoms with Crippen molar-refractivity contribution in [3.05, 3.63) is 110 Å². The molecule has 0 saturated heterocycles. The Balaban J connectivity index is 0.000000267. The summed E-state index contributed by atoms with van der Waals surface area (Å²) in [5, 5.41) is 14.6. The van der Waals surface area contributed by atoms with Crippen molar-refractivity contribution >= 4 is 72.4 Å².